The molecule has 0 spiro atoms. The lowest BCUT2D eigenvalue weighted by atomic mass is 10.1. The van der Waals surface area contributed by atoms with Gasteiger partial charge in [0.25, 0.3) is 5.69 Å². The fourth-order valence-electron chi connectivity index (χ4n) is 2.32. The van der Waals surface area contributed by atoms with Crippen LogP contribution in [0.2, 0.25) is 5.02 Å². The van der Waals surface area contributed by atoms with Crippen LogP contribution in [0.3, 0.4) is 0 Å². The van der Waals surface area contributed by atoms with E-state index in [4.69, 9.17) is 16.3 Å². The third kappa shape index (κ3) is 2.91. The van der Waals surface area contributed by atoms with Crippen molar-refractivity contribution < 1.29 is 14.5 Å². The number of rotatable bonds is 3. The van der Waals surface area contributed by atoms with E-state index < -0.39 is 10.9 Å². The Bertz CT molecular complexity index is 919. The number of halogens is 1. The highest BCUT2D eigenvalue weighted by atomic mass is 35.5. The summed E-state index contributed by atoms with van der Waals surface area (Å²) in [5, 5.41) is 11.5. The van der Waals surface area contributed by atoms with E-state index in [1.807, 2.05) is 0 Å². The lowest BCUT2D eigenvalue weighted by Crippen LogP contribution is -2.08. The zero-order valence-corrected chi connectivity index (χ0v) is 13.3. The maximum Gasteiger partial charge on any atom is 0.363 e. The van der Waals surface area contributed by atoms with Crippen LogP contribution in [0, 0.1) is 17.0 Å². The van der Waals surface area contributed by atoms with E-state index in [2.05, 4.69) is 4.99 Å². The molecule has 0 radical (unpaired) electrons. The molecule has 1 heterocycles. The molecule has 0 saturated heterocycles. The number of aliphatic imine (C=N–C) groups is 1. The van der Waals surface area contributed by atoms with Crippen molar-refractivity contribution in [2.24, 2.45) is 4.99 Å². The molecule has 0 amide bonds. The Balaban J connectivity index is 2.03. The van der Waals surface area contributed by atoms with Crippen LogP contribution >= 0.6 is 11.6 Å². The molecule has 120 valence electrons. The minimum absolute atomic E-state index is 0.0412. The number of benzene rings is 2. The van der Waals surface area contributed by atoms with Crippen molar-refractivity contribution in [3.8, 4) is 0 Å². The molecule has 0 unspecified atom stereocenters. The second-order valence-electron chi connectivity index (χ2n) is 5.06. The number of esters is 1. The van der Waals surface area contributed by atoms with E-state index in [9.17, 15) is 14.9 Å². The summed E-state index contributed by atoms with van der Waals surface area (Å²) in [7, 11) is 0. The summed E-state index contributed by atoms with van der Waals surface area (Å²) >= 11 is 6.06. The smallest absolute Gasteiger partial charge is 0.363 e. The molecule has 0 fully saturated rings. The van der Waals surface area contributed by atoms with Gasteiger partial charge in [0, 0.05) is 22.2 Å². The Morgan fingerprint density at radius 3 is 2.67 bits per heavy atom. The third-order valence-corrected chi connectivity index (χ3v) is 3.89. The molecule has 1 aliphatic rings. The summed E-state index contributed by atoms with van der Waals surface area (Å²) in [5.74, 6) is -0.588. The molecule has 2 aromatic carbocycles. The third-order valence-electron chi connectivity index (χ3n) is 3.55. The van der Waals surface area contributed by atoms with Gasteiger partial charge in [0.2, 0.25) is 5.90 Å². The fraction of sp³-hybridized carbons (Fsp3) is 0.0588. The van der Waals surface area contributed by atoms with Crippen LogP contribution in [0.25, 0.3) is 6.08 Å². The number of cyclic esters (lactones) is 1. The van der Waals surface area contributed by atoms with Crippen molar-refractivity contribution in [3.63, 3.8) is 0 Å². The fourth-order valence-corrected chi connectivity index (χ4v) is 2.51. The second-order valence-corrected chi connectivity index (χ2v) is 5.47. The van der Waals surface area contributed by atoms with Gasteiger partial charge in [-0.05, 0) is 30.7 Å². The summed E-state index contributed by atoms with van der Waals surface area (Å²) in [6, 6.07) is 11.5. The molecule has 0 aliphatic carbocycles. The molecule has 2 aromatic rings. The maximum atomic E-state index is 12.0. The molecule has 0 N–H and O–H groups in total. The number of carbonyl (C=O) groups excluding carboxylic acids is 1. The number of nitro benzene ring substituents is 1. The van der Waals surface area contributed by atoms with E-state index in [-0.39, 0.29) is 17.3 Å². The standard InChI is InChI=1S/C17H11ClN2O4/c1-10-12(6-4-8-15(10)20(22)23)16-19-14(17(21)24-16)9-11-5-2-3-7-13(11)18/h2-9H,1H3/b14-9-. The molecule has 0 bridgehead atoms. The van der Waals surface area contributed by atoms with Gasteiger partial charge in [-0.15, -0.1) is 0 Å². The number of hydrogen-bond acceptors (Lipinski definition) is 5. The second kappa shape index (κ2) is 6.25. The number of nitrogens with zero attached hydrogens (tertiary/aromatic N) is 2. The number of hydrogen-bond donors (Lipinski definition) is 0. The molecule has 6 nitrogen and oxygen atoms in total. The predicted molar refractivity (Wildman–Crippen MR) is 89.9 cm³/mol. The molecule has 3 rings (SSSR count). The summed E-state index contributed by atoms with van der Waals surface area (Å²) < 4.78 is 5.16. The van der Waals surface area contributed by atoms with Crippen LogP contribution in [0.5, 0.6) is 0 Å². The van der Waals surface area contributed by atoms with E-state index in [1.165, 1.54) is 18.2 Å². The van der Waals surface area contributed by atoms with E-state index >= 15 is 0 Å². The number of ether oxygens (including phenoxy) is 1. The first kappa shape index (κ1) is 15.9. The van der Waals surface area contributed by atoms with Crippen molar-refractivity contribution in [1.82, 2.24) is 0 Å². The summed E-state index contributed by atoms with van der Waals surface area (Å²) in [6.45, 7) is 1.58. The van der Waals surface area contributed by atoms with Crippen molar-refractivity contribution in [2.45, 2.75) is 6.92 Å². The highest BCUT2D eigenvalue weighted by molar-refractivity contribution is 6.32. The van der Waals surface area contributed by atoms with Crippen molar-refractivity contribution in [1.29, 1.82) is 0 Å². The van der Waals surface area contributed by atoms with Crippen molar-refractivity contribution in [2.75, 3.05) is 0 Å². The Morgan fingerprint density at radius 2 is 1.96 bits per heavy atom. The Kier molecular flexibility index (Phi) is 4.14. The van der Waals surface area contributed by atoms with Crippen molar-refractivity contribution in [3.05, 3.63) is 80.0 Å². The maximum absolute atomic E-state index is 12.0. The normalized spacial score (nSPS) is 15.3. The van der Waals surface area contributed by atoms with Crippen LogP contribution < -0.4 is 0 Å². The van der Waals surface area contributed by atoms with Gasteiger partial charge >= 0.3 is 5.97 Å². The first-order chi connectivity index (χ1) is 11.5. The molecular weight excluding hydrogens is 332 g/mol. The van der Waals surface area contributed by atoms with Gasteiger partial charge in [-0.3, -0.25) is 10.1 Å². The largest absolute Gasteiger partial charge is 0.402 e. The van der Waals surface area contributed by atoms with Crippen LogP contribution in [0.4, 0.5) is 5.69 Å². The van der Waals surface area contributed by atoms with Gasteiger partial charge in [0.05, 0.1) is 4.92 Å². The summed E-state index contributed by atoms with van der Waals surface area (Å²) in [5.41, 5.74) is 1.44. The monoisotopic (exact) mass is 342 g/mol. The Morgan fingerprint density at radius 1 is 1.21 bits per heavy atom. The minimum atomic E-state index is -0.629. The molecular formula is C17H11ClN2O4. The molecule has 24 heavy (non-hydrogen) atoms. The molecule has 0 aromatic heterocycles. The van der Waals surface area contributed by atoms with E-state index in [0.717, 1.165) is 0 Å². The zero-order valence-electron chi connectivity index (χ0n) is 12.5. The first-order valence-electron chi connectivity index (χ1n) is 6.99. The van der Waals surface area contributed by atoms with E-state index in [1.54, 1.807) is 37.3 Å². The lowest BCUT2D eigenvalue weighted by Gasteiger charge is -2.04. The summed E-state index contributed by atoms with van der Waals surface area (Å²) in [6.07, 6.45) is 1.52. The SMILES string of the molecule is Cc1c(C2=N/C(=C\c3ccccc3Cl)C(=O)O2)cccc1[N+](=O)[O-]. The first-order valence-corrected chi connectivity index (χ1v) is 7.36. The van der Waals surface area contributed by atoms with Crippen molar-refractivity contribution >= 4 is 35.2 Å². The molecule has 7 heteroatoms. The minimum Gasteiger partial charge on any atom is -0.402 e. The average molecular weight is 343 g/mol. The highest BCUT2D eigenvalue weighted by Gasteiger charge is 2.27. The molecule has 1 aliphatic heterocycles. The van der Waals surface area contributed by atoms with Gasteiger partial charge in [0.1, 0.15) is 0 Å². The number of nitro groups is 1. The van der Waals surface area contributed by atoms with Gasteiger partial charge in [-0.25, -0.2) is 9.79 Å². The van der Waals surface area contributed by atoms with Crippen LogP contribution in [0.1, 0.15) is 16.7 Å². The van der Waals surface area contributed by atoms with Gasteiger partial charge in [-0.1, -0.05) is 35.9 Å². The topological polar surface area (TPSA) is 81.8 Å². The van der Waals surface area contributed by atoms with Gasteiger partial charge in [0.15, 0.2) is 5.70 Å². The van der Waals surface area contributed by atoms with Crippen LogP contribution in [-0.4, -0.2) is 16.8 Å². The van der Waals surface area contributed by atoms with Crippen LogP contribution in [0.15, 0.2) is 53.2 Å². The van der Waals surface area contributed by atoms with Gasteiger partial charge in [-0.2, -0.15) is 0 Å². The quantitative estimate of drug-likeness (QED) is 0.366. The average Bonchev–Trinajstić information content (AvgIpc) is 2.90. The van der Waals surface area contributed by atoms with Crippen LogP contribution in [-0.2, 0) is 9.53 Å². The summed E-state index contributed by atoms with van der Waals surface area (Å²) in [4.78, 5) is 26.7. The Labute approximate surface area is 142 Å². The van der Waals surface area contributed by atoms with Gasteiger partial charge < -0.3 is 4.74 Å². The zero-order chi connectivity index (χ0) is 17.3. The lowest BCUT2D eigenvalue weighted by molar-refractivity contribution is -0.385. The predicted octanol–water partition coefficient (Wildman–Crippen LogP) is 3.90. The molecule has 0 saturated carbocycles. The Hall–Kier alpha value is -2.99. The molecule has 0 atom stereocenters. The van der Waals surface area contributed by atoms with E-state index in [0.29, 0.717) is 21.7 Å². The number of carbonyl (C=O) groups is 1. The highest BCUT2D eigenvalue weighted by Crippen LogP contribution is 2.27.